The summed E-state index contributed by atoms with van der Waals surface area (Å²) in [6.07, 6.45) is 4.99. The van der Waals surface area contributed by atoms with Crippen molar-refractivity contribution in [2.24, 2.45) is 0 Å². The first kappa shape index (κ1) is 16.3. The second-order valence-electron chi connectivity index (χ2n) is 3.19. The Morgan fingerprint density at radius 2 is 0.944 bits per heavy atom. The standard InChI is InChI=1S/C12H9O3P.2Na.2H/c1-4-10(13-7-1)16(11-5-2-8-14-11)12-6-3-9-15-12;;;;/h1-9H;;;;. The van der Waals surface area contributed by atoms with Gasteiger partial charge < -0.3 is 13.3 Å². The SMILES string of the molecule is [NaH].[NaH].c1coc(P(c2ccco2)c2ccco2)c1. The molecular weight excluding hydrogens is 269 g/mol. The minimum atomic E-state index is -0.835. The Morgan fingerprint density at radius 3 is 1.17 bits per heavy atom. The van der Waals surface area contributed by atoms with E-state index in [2.05, 4.69) is 0 Å². The summed E-state index contributed by atoms with van der Waals surface area (Å²) < 4.78 is 16.4. The van der Waals surface area contributed by atoms with Crippen molar-refractivity contribution in [3.05, 3.63) is 55.2 Å². The molecule has 6 heteroatoms. The van der Waals surface area contributed by atoms with Gasteiger partial charge in [-0.1, -0.05) is 0 Å². The quantitative estimate of drug-likeness (QED) is 0.529. The largest absolute Gasteiger partial charge is 0.464 e. The van der Waals surface area contributed by atoms with Gasteiger partial charge in [-0.25, -0.2) is 0 Å². The zero-order valence-corrected chi connectivity index (χ0v) is 9.26. The molecule has 0 fully saturated rings. The van der Waals surface area contributed by atoms with E-state index in [-0.39, 0.29) is 59.1 Å². The van der Waals surface area contributed by atoms with Gasteiger partial charge in [-0.3, -0.25) is 0 Å². The fraction of sp³-hybridized carbons (Fsp3) is 0. The van der Waals surface area contributed by atoms with Crippen molar-refractivity contribution >= 4 is 83.5 Å². The second-order valence-corrected chi connectivity index (χ2v) is 5.18. The van der Waals surface area contributed by atoms with Gasteiger partial charge in [0.2, 0.25) is 0 Å². The summed E-state index contributed by atoms with van der Waals surface area (Å²) in [5.74, 6) is 0. The number of hydrogen-bond donors (Lipinski definition) is 0. The smallest absolute Gasteiger partial charge is 0.140 e. The Morgan fingerprint density at radius 1 is 0.611 bits per heavy atom. The third kappa shape index (κ3) is 3.43. The molecule has 0 N–H and O–H groups in total. The molecule has 3 nitrogen and oxygen atoms in total. The van der Waals surface area contributed by atoms with Crippen LogP contribution in [-0.2, 0) is 0 Å². The molecule has 0 spiro atoms. The van der Waals surface area contributed by atoms with Crippen molar-refractivity contribution in [1.82, 2.24) is 0 Å². The van der Waals surface area contributed by atoms with Crippen molar-refractivity contribution in [3.8, 4) is 0 Å². The molecule has 84 valence electrons. The molecule has 0 aliphatic carbocycles. The molecule has 3 heterocycles. The van der Waals surface area contributed by atoms with Crippen LogP contribution in [0, 0.1) is 0 Å². The normalized spacial score (nSPS) is 9.83. The molecular formula is C12H11Na2O3P. The van der Waals surface area contributed by atoms with Gasteiger partial charge in [-0.15, -0.1) is 0 Å². The molecule has 3 rings (SSSR count). The second kappa shape index (κ2) is 7.76. The van der Waals surface area contributed by atoms with Crippen LogP contribution in [0.25, 0.3) is 0 Å². The molecule has 0 amide bonds. The van der Waals surface area contributed by atoms with Crippen LogP contribution in [0.15, 0.2) is 68.4 Å². The minimum Gasteiger partial charge on any atom is -0.464 e. The van der Waals surface area contributed by atoms with Gasteiger partial charge >= 0.3 is 59.1 Å². The zero-order valence-electron chi connectivity index (χ0n) is 8.37. The van der Waals surface area contributed by atoms with Crippen LogP contribution in [0.3, 0.4) is 0 Å². The topological polar surface area (TPSA) is 39.4 Å². The first-order valence-electron chi connectivity index (χ1n) is 4.86. The van der Waals surface area contributed by atoms with Gasteiger partial charge in [0.15, 0.2) is 0 Å². The third-order valence-electron chi connectivity index (χ3n) is 2.18. The van der Waals surface area contributed by atoms with E-state index in [1.54, 1.807) is 18.8 Å². The van der Waals surface area contributed by atoms with Crippen molar-refractivity contribution in [2.45, 2.75) is 0 Å². The predicted octanol–water partition coefficient (Wildman–Crippen LogP) is 0.927. The Kier molecular flexibility index (Phi) is 7.04. The monoisotopic (exact) mass is 280 g/mol. The third-order valence-corrected chi connectivity index (χ3v) is 4.27. The van der Waals surface area contributed by atoms with Crippen molar-refractivity contribution in [2.75, 3.05) is 0 Å². The van der Waals surface area contributed by atoms with Crippen LogP contribution < -0.4 is 16.5 Å². The first-order chi connectivity index (χ1) is 7.95. The Balaban J connectivity index is 0.000000810. The van der Waals surface area contributed by atoms with Crippen LogP contribution in [-0.4, -0.2) is 59.1 Å². The van der Waals surface area contributed by atoms with E-state index in [9.17, 15) is 0 Å². The molecule has 3 aromatic rings. The van der Waals surface area contributed by atoms with Crippen molar-refractivity contribution in [3.63, 3.8) is 0 Å². The van der Waals surface area contributed by atoms with Crippen LogP contribution in [0.2, 0.25) is 0 Å². The van der Waals surface area contributed by atoms with Crippen LogP contribution >= 0.6 is 7.92 Å². The zero-order chi connectivity index (χ0) is 10.8. The Labute approximate surface area is 150 Å². The summed E-state index contributed by atoms with van der Waals surface area (Å²) in [4.78, 5) is 0. The van der Waals surface area contributed by atoms with E-state index < -0.39 is 7.92 Å². The molecule has 3 aromatic heterocycles. The summed E-state index contributed by atoms with van der Waals surface area (Å²) in [5.41, 5.74) is 2.62. The van der Waals surface area contributed by atoms with Gasteiger partial charge in [0.25, 0.3) is 0 Å². The van der Waals surface area contributed by atoms with Crippen LogP contribution in [0.5, 0.6) is 0 Å². The van der Waals surface area contributed by atoms with Gasteiger partial charge in [0.1, 0.15) is 24.4 Å². The van der Waals surface area contributed by atoms with E-state index in [1.807, 2.05) is 36.4 Å². The van der Waals surface area contributed by atoms with Gasteiger partial charge in [0.05, 0.1) is 18.8 Å². The molecule has 0 unspecified atom stereocenters. The maximum atomic E-state index is 5.45. The summed E-state index contributed by atoms with van der Waals surface area (Å²) in [7, 11) is -0.835. The summed E-state index contributed by atoms with van der Waals surface area (Å²) >= 11 is 0. The molecule has 0 aromatic carbocycles. The van der Waals surface area contributed by atoms with Gasteiger partial charge in [-0.05, 0) is 36.4 Å². The summed E-state index contributed by atoms with van der Waals surface area (Å²) in [6, 6.07) is 11.4. The molecule has 0 bridgehead atoms. The fourth-order valence-corrected chi connectivity index (χ4v) is 3.37. The Hall–Kier alpha value is 0.270. The van der Waals surface area contributed by atoms with Crippen molar-refractivity contribution in [1.29, 1.82) is 0 Å². The fourth-order valence-electron chi connectivity index (χ4n) is 1.52. The van der Waals surface area contributed by atoms with Gasteiger partial charge in [-0.2, -0.15) is 0 Å². The summed E-state index contributed by atoms with van der Waals surface area (Å²) in [6.45, 7) is 0. The molecule has 0 aliphatic rings. The number of hydrogen-bond acceptors (Lipinski definition) is 3. The van der Waals surface area contributed by atoms with E-state index in [0.29, 0.717) is 0 Å². The molecule has 0 saturated heterocycles. The van der Waals surface area contributed by atoms with E-state index in [0.717, 1.165) is 16.5 Å². The van der Waals surface area contributed by atoms with Crippen LogP contribution in [0.1, 0.15) is 0 Å². The molecule has 0 aliphatic heterocycles. The number of furan rings is 3. The van der Waals surface area contributed by atoms with Crippen molar-refractivity contribution < 1.29 is 13.3 Å². The molecule has 0 saturated carbocycles. The Bertz CT molecular complexity index is 450. The van der Waals surface area contributed by atoms with E-state index in [1.165, 1.54) is 0 Å². The van der Waals surface area contributed by atoms with Crippen LogP contribution in [0.4, 0.5) is 0 Å². The number of rotatable bonds is 3. The molecule has 18 heavy (non-hydrogen) atoms. The van der Waals surface area contributed by atoms with Gasteiger partial charge in [0, 0.05) is 0 Å². The maximum Gasteiger partial charge on any atom is 0.140 e. The minimum absolute atomic E-state index is 0. The summed E-state index contributed by atoms with van der Waals surface area (Å²) in [5, 5.41) is 0. The molecule has 0 atom stereocenters. The predicted molar refractivity (Wildman–Crippen MR) is 76.2 cm³/mol. The van der Waals surface area contributed by atoms with E-state index >= 15 is 0 Å². The average Bonchev–Trinajstić information content (AvgIpc) is 3.02. The van der Waals surface area contributed by atoms with E-state index in [4.69, 9.17) is 13.3 Å². The molecule has 0 radical (unpaired) electrons. The average molecular weight is 280 g/mol. The first-order valence-corrected chi connectivity index (χ1v) is 6.20. The maximum absolute atomic E-state index is 5.45.